The summed E-state index contributed by atoms with van der Waals surface area (Å²) in [4.78, 5) is 4.43. The molecule has 0 spiro atoms. The number of alkyl halides is 3. The molecule has 0 saturated heterocycles. The highest BCUT2D eigenvalue weighted by Gasteiger charge is 2.30. The maximum absolute atomic E-state index is 12.7. The molecular formula is C14H14F3NS. The Labute approximate surface area is 114 Å². The van der Waals surface area contributed by atoms with Gasteiger partial charge in [-0.05, 0) is 12.1 Å². The molecule has 0 aliphatic carbocycles. The van der Waals surface area contributed by atoms with Gasteiger partial charge in [0.05, 0.1) is 11.3 Å². The Balaban J connectivity index is 2.40. The van der Waals surface area contributed by atoms with Gasteiger partial charge in [-0.2, -0.15) is 13.2 Å². The van der Waals surface area contributed by atoms with E-state index in [2.05, 4.69) is 4.98 Å². The second-order valence-corrected chi connectivity index (χ2v) is 6.22. The van der Waals surface area contributed by atoms with Gasteiger partial charge in [0, 0.05) is 16.4 Å². The standard InChI is InChI=1S/C14H14F3NS/c1-13(2,3)11-8-19-12(18-11)9-5-4-6-10(7-9)14(15,16)17/h4-8H,1-3H3. The Hall–Kier alpha value is -1.36. The molecule has 0 atom stereocenters. The molecule has 0 saturated carbocycles. The molecule has 0 aliphatic heterocycles. The van der Waals surface area contributed by atoms with Crippen molar-refractivity contribution in [3.63, 3.8) is 0 Å². The number of benzene rings is 1. The predicted molar refractivity (Wildman–Crippen MR) is 71.3 cm³/mol. The number of rotatable bonds is 1. The molecule has 0 N–H and O–H groups in total. The van der Waals surface area contributed by atoms with E-state index >= 15 is 0 Å². The first-order valence-electron chi connectivity index (χ1n) is 5.81. The molecule has 0 aliphatic rings. The van der Waals surface area contributed by atoms with Crippen molar-refractivity contribution in [3.05, 3.63) is 40.9 Å². The van der Waals surface area contributed by atoms with Crippen LogP contribution in [0.15, 0.2) is 29.6 Å². The van der Waals surface area contributed by atoms with Gasteiger partial charge in [-0.1, -0.05) is 32.9 Å². The molecule has 102 valence electrons. The molecule has 1 aromatic heterocycles. The highest BCUT2D eigenvalue weighted by atomic mass is 32.1. The van der Waals surface area contributed by atoms with Crippen LogP contribution in [0.2, 0.25) is 0 Å². The Morgan fingerprint density at radius 2 is 1.79 bits per heavy atom. The zero-order chi connectivity index (χ0) is 14.3. The highest BCUT2D eigenvalue weighted by Crippen LogP contribution is 2.34. The number of hydrogen-bond acceptors (Lipinski definition) is 2. The summed E-state index contributed by atoms with van der Waals surface area (Å²) >= 11 is 1.37. The lowest BCUT2D eigenvalue weighted by atomic mass is 9.93. The van der Waals surface area contributed by atoms with Gasteiger partial charge in [-0.3, -0.25) is 0 Å². The van der Waals surface area contributed by atoms with Gasteiger partial charge in [-0.25, -0.2) is 4.98 Å². The van der Waals surface area contributed by atoms with Crippen LogP contribution in [0.3, 0.4) is 0 Å². The van der Waals surface area contributed by atoms with Gasteiger partial charge in [0.2, 0.25) is 0 Å². The first kappa shape index (κ1) is 14.1. The molecule has 1 heterocycles. The number of aromatic nitrogens is 1. The van der Waals surface area contributed by atoms with Crippen LogP contribution in [-0.4, -0.2) is 4.98 Å². The van der Waals surface area contributed by atoms with E-state index in [4.69, 9.17) is 0 Å². The summed E-state index contributed by atoms with van der Waals surface area (Å²) < 4.78 is 38.0. The van der Waals surface area contributed by atoms with Gasteiger partial charge < -0.3 is 0 Å². The first-order valence-corrected chi connectivity index (χ1v) is 6.69. The van der Waals surface area contributed by atoms with E-state index < -0.39 is 11.7 Å². The molecule has 1 nitrogen and oxygen atoms in total. The fourth-order valence-electron chi connectivity index (χ4n) is 1.58. The highest BCUT2D eigenvalue weighted by molar-refractivity contribution is 7.13. The lowest BCUT2D eigenvalue weighted by Gasteiger charge is -2.14. The van der Waals surface area contributed by atoms with E-state index in [0.717, 1.165) is 17.8 Å². The fourth-order valence-corrected chi connectivity index (χ4v) is 2.62. The van der Waals surface area contributed by atoms with Crippen molar-refractivity contribution in [1.29, 1.82) is 0 Å². The summed E-state index contributed by atoms with van der Waals surface area (Å²) in [7, 11) is 0. The van der Waals surface area contributed by atoms with E-state index in [1.54, 1.807) is 6.07 Å². The molecular weight excluding hydrogens is 271 g/mol. The maximum Gasteiger partial charge on any atom is 0.416 e. The lowest BCUT2D eigenvalue weighted by Crippen LogP contribution is -2.11. The van der Waals surface area contributed by atoms with Gasteiger partial charge in [0.15, 0.2) is 0 Å². The van der Waals surface area contributed by atoms with Crippen LogP contribution in [0, 0.1) is 0 Å². The Morgan fingerprint density at radius 3 is 2.32 bits per heavy atom. The number of nitrogens with zero attached hydrogens (tertiary/aromatic N) is 1. The predicted octanol–water partition coefficient (Wildman–Crippen LogP) is 5.13. The average Bonchev–Trinajstić information content (AvgIpc) is 2.77. The molecule has 0 bridgehead atoms. The molecule has 1 aromatic carbocycles. The van der Waals surface area contributed by atoms with Crippen LogP contribution in [0.4, 0.5) is 13.2 Å². The number of hydrogen-bond donors (Lipinski definition) is 0. The zero-order valence-corrected chi connectivity index (χ0v) is 11.7. The largest absolute Gasteiger partial charge is 0.416 e. The number of thiazole rings is 1. The lowest BCUT2D eigenvalue weighted by molar-refractivity contribution is -0.137. The van der Waals surface area contributed by atoms with Crippen molar-refractivity contribution < 1.29 is 13.2 Å². The van der Waals surface area contributed by atoms with Crippen LogP contribution < -0.4 is 0 Å². The molecule has 19 heavy (non-hydrogen) atoms. The minimum Gasteiger partial charge on any atom is -0.241 e. The summed E-state index contributed by atoms with van der Waals surface area (Å²) in [6.45, 7) is 6.08. The Morgan fingerprint density at radius 1 is 1.11 bits per heavy atom. The molecule has 2 aromatic rings. The van der Waals surface area contributed by atoms with Gasteiger partial charge in [0.25, 0.3) is 0 Å². The minimum absolute atomic E-state index is 0.101. The van der Waals surface area contributed by atoms with Gasteiger partial charge in [-0.15, -0.1) is 11.3 Å². The summed E-state index contributed by atoms with van der Waals surface area (Å²) in [5.74, 6) is 0. The van der Waals surface area contributed by atoms with Crippen LogP contribution in [0.25, 0.3) is 10.6 Å². The third kappa shape index (κ3) is 3.15. The summed E-state index contributed by atoms with van der Waals surface area (Å²) in [6.07, 6.45) is -4.32. The minimum atomic E-state index is -4.32. The number of halogens is 3. The van der Waals surface area contributed by atoms with Crippen molar-refractivity contribution in [2.75, 3.05) is 0 Å². The van der Waals surface area contributed by atoms with Gasteiger partial charge >= 0.3 is 6.18 Å². The summed E-state index contributed by atoms with van der Waals surface area (Å²) in [6, 6.07) is 5.28. The SMILES string of the molecule is CC(C)(C)c1csc(-c2cccc(C(F)(F)F)c2)n1. The smallest absolute Gasteiger partial charge is 0.241 e. The summed E-state index contributed by atoms with van der Waals surface area (Å²) in [5.41, 5.74) is 0.661. The average molecular weight is 285 g/mol. The third-order valence-electron chi connectivity index (χ3n) is 2.71. The molecule has 2 rings (SSSR count). The summed E-state index contributed by atoms with van der Waals surface area (Å²) in [5, 5.41) is 2.52. The quantitative estimate of drug-likeness (QED) is 0.708. The van der Waals surface area contributed by atoms with Crippen molar-refractivity contribution in [2.24, 2.45) is 0 Å². The molecule has 0 radical (unpaired) electrons. The first-order chi connectivity index (χ1) is 8.68. The van der Waals surface area contributed by atoms with Crippen LogP contribution in [0.1, 0.15) is 32.0 Å². The van der Waals surface area contributed by atoms with Crippen LogP contribution in [0.5, 0.6) is 0 Å². The molecule has 0 unspecified atom stereocenters. The van der Waals surface area contributed by atoms with Crippen LogP contribution >= 0.6 is 11.3 Å². The van der Waals surface area contributed by atoms with Crippen molar-refractivity contribution >= 4 is 11.3 Å². The van der Waals surface area contributed by atoms with Gasteiger partial charge in [0.1, 0.15) is 5.01 Å². The van der Waals surface area contributed by atoms with Crippen molar-refractivity contribution in [1.82, 2.24) is 4.98 Å². The van der Waals surface area contributed by atoms with E-state index in [9.17, 15) is 13.2 Å². The Kier molecular flexibility index (Phi) is 3.43. The normalized spacial score (nSPS) is 12.7. The monoisotopic (exact) mass is 285 g/mol. The molecule has 5 heteroatoms. The third-order valence-corrected chi connectivity index (χ3v) is 3.60. The maximum atomic E-state index is 12.7. The second kappa shape index (κ2) is 4.63. The van der Waals surface area contributed by atoms with Crippen molar-refractivity contribution in [2.45, 2.75) is 32.4 Å². The molecule has 0 fully saturated rings. The second-order valence-electron chi connectivity index (χ2n) is 5.37. The van der Waals surface area contributed by atoms with E-state index in [-0.39, 0.29) is 5.41 Å². The Bertz CT molecular complexity index is 579. The van der Waals surface area contributed by atoms with Crippen LogP contribution in [-0.2, 0) is 11.6 Å². The van der Waals surface area contributed by atoms with Crippen molar-refractivity contribution in [3.8, 4) is 10.6 Å². The van der Waals surface area contributed by atoms with E-state index in [1.165, 1.54) is 17.4 Å². The van der Waals surface area contributed by atoms with E-state index in [1.807, 2.05) is 26.2 Å². The molecule has 0 amide bonds. The van der Waals surface area contributed by atoms with E-state index in [0.29, 0.717) is 10.6 Å². The zero-order valence-electron chi connectivity index (χ0n) is 10.9. The fraction of sp³-hybridized carbons (Fsp3) is 0.357. The topological polar surface area (TPSA) is 12.9 Å².